The molecule has 3 aliphatic heterocycles. The van der Waals surface area contributed by atoms with Crippen molar-refractivity contribution in [2.24, 2.45) is 30.4 Å². The van der Waals surface area contributed by atoms with E-state index < -0.39 is 59.7 Å². The Balaban J connectivity index is 0.850. The maximum Gasteiger partial charge on any atom is 0.329 e. The number of imidazole rings is 1. The first-order valence-electron chi connectivity index (χ1n) is 23.7. The van der Waals surface area contributed by atoms with E-state index in [-0.39, 0.29) is 61.7 Å². The Kier molecular flexibility index (Phi) is 14.3. The summed E-state index contributed by atoms with van der Waals surface area (Å²) >= 11 is 0. The Morgan fingerprint density at radius 2 is 1.49 bits per heavy atom. The van der Waals surface area contributed by atoms with Crippen molar-refractivity contribution >= 4 is 52.4 Å². The van der Waals surface area contributed by atoms with Crippen molar-refractivity contribution < 1.29 is 33.6 Å². The maximum atomic E-state index is 14.1. The van der Waals surface area contributed by atoms with Crippen molar-refractivity contribution in [3.63, 3.8) is 0 Å². The molecule has 4 aliphatic rings. The Morgan fingerprint density at radius 1 is 0.806 bits per heavy atom. The molecule has 4 fully saturated rings. The number of carbonyl (C=O) groups excluding carboxylic acids is 7. The summed E-state index contributed by atoms with van der Waals surface area (Å²) in [6.07, 6.45) is 6.58. The van der Waals surface area contributed by atoms with Crippen LogP contribution in [0.3, 0.4) is 0 Å². The number of hydrogen-bond donors (Lipinski definition) is 5. The van der Waals surface area contributed by atoms with Crippen molar-refractivity contribution in [1.82, 2.24) is 34.9 Å². The number of primary amides is 1. The number of rotatable bonds is 14. The van der Waals surface area contributed by atoms with Gasteiger partial charge in [0.05, 0.1) is 17.1 Å². The fourth-order valence-electron chi connectivity index (χ4n) is 10.7. The van der Waals surface area contributed by atoms with Crippen LogP contribution in [0.1, 0.15) is 106 Å². The molecule has 17 nitrogen and oxygen atoms in total. The number of aromatic nitrogens is 2. The van der Waals surface area contributed by atoms with E-state index in [0.29, 0.717) is 37.2 Å². The standard InChI is InChI=1S/C50H61N9O8/c1-56-41-28-31(16-21-38(41)59(50(56)67)40-23-25-43(61)54-47(40)64)13-12-30-14-17-34(18-15-30)48(65)57-27-26-35-19-22-39(58(35)49(66)36(51)29-57)46(63)53-37(20-24-42(52)60)45(62)55-44(32-8-4-2-5-9-32)33-10-6-3-7-11-33/h2-11,16,21,28,30,34-37,39-40,44H,12-15,17-20,22-27,29,51H2,1H3,(H2,52,60)(H,53,63)(H,55,62)(H,54,61,64)/t30-,34-,35-,36+,37+,39+,40?/m1/s1. The van der Waals surface area contributed by atoms with Gasteiger partial charge in [-0.1, -0.05) is 66.7 Å². The number of carbonyl (C=O) groups is 7. The first kappa shape index (κ1) is 46.9. The molecule has 3 saturated heterocycles. The molecule has 7 amide bonds. The van der Waals surface area contributed by atoms with Crippen molar-refractivity contribution in [3.8, 4) is 0 Å². The van der Waals surface area contributed by atoms with Crippen LogP contribution in [0.2, 0.25) is 0 Å². The third kappa shape index (κ3) is 10.4. The van der Waals surface area contributed by atoms with Gasteiger partial charge in [0.2, 0.25) is 41.4 Å². The molecule has 4 aromatic rings. The minimum Gasteiger partial charge on any atom is -0.370 e. The smallest absolute Gasteiger partial charge is 0.329 e. The topological polar surface area (TPSA) is 241 Å². The Bertz CT molecular complexity index is 2530. The molecule has 354 valence electrons. The molecule has 1 unspecified atom stereocenters. The predicted molar refractivity (Wildman–Crippen MR) is 248 cm³/mol. The van der Waals surface area contributed by atoms with Crippen LogP contribution < -0.4 is 33.1 Å². The number of hydrogen-bond acceptors (Lipinski definition) is 9. The van der Waals surface area contributed by atoms with Crippen LogP contribution in [0.25, 0.3) is 11.0 Å². The van der Waals surface area contributed by atoms with Gasteiger partial charge < -0.3 is 31.9 Å². The summed E-state index contributed by atoms with van der Waals surface area (Å²) in [5, 5.41) is 8.27. The molecule has 1 aromatic heterocycles. The highest BCUT2D eigenvalue weighted by molar-refractivity contribution is 6.00. The molecule has 17 heteroatoms. The van der Waals surface area contributed by atoms with Crippen LogP contribution in [0.4, 0.5) is 0 Å². The number of piperidine rings is 1. The predicted octanol–water partition coefficient (Wildman–Crippen LogP) is 2.63. The summed E-state index contributed by atoms with van der Waals surface area (Å²) in [6.45, 7) is 0.435. The summed E-state index contributed by atoms with van der Waals surface area (Å²) in [5.74, 6) is -2.59. The number of benzene rings is 3. The molecule has 3 aromatic carbocycles. The average Bonchev–Trinajstić information content (AvgIpc) is 3.86. The lowest BCUT2D eigenvalue weighted by molar-refractivity contribution is -0.146. The maximum absolute atomic E-state index is 14.1. The number of nitrogens with zero attached hydrogens (tertiary/aromatic N) is 4. The van der Waals surface area contributed by atoms with Crippen LogP contribution in [-0.2, 0) is 47.0 Å². The molecule has 0 spiro atoms. The zero-order valence-electron chi connectivity index (χ0n) is 37.9. The van der Waals surface area contributed by atoms with Crippen molar-refractivity contribution in [2.75, 3.05) is 13.1 Å². The van der Waals surface area contributed by atoms with Crippen molar-refractivity contribution in [2.45, 2.75) is 120 Å². The molecule has 8 rings (SSSR count). The second-order valence-electron chi connectivity index (χ2n) is 18.8. The Morgan fingerprint density at radius 3 is 2.15 bits per heavy atom. The number of nitrogens with two attached hydrogens (primary N) is 2. The fourth-order valence-corrected chi connectivity index (χ4v) is 10.7. The molecule has 0 radical (unpaired) electrons. The van der Waals surface area contributed by atoms with Crippen LogP contribution in [0, 0.1) is 11.8 Å². The van der Waals surface area contributed by atoms with Gasteiger partial charge in [-0.25, -0.2) is 4.79 Å². The van der Waals surface area contributed by atoms with E-state index in [1.165, 1.54) is 4.57 Å². The summed E-state index contributed by atoms with van der Waals surface area (Å²) in [7, 11) is 1.69. The second-order valence-corrected chi connectivity index (χ2v) is 18.8. The van der Waals surface area contributed by atoms with Gasteiger partial charge in [-0.15, -0.1) is 0 Å². The van der Waals surface area contributed by atoms with E-state index in [1.54, 1.807) is 21.4 Å². The van der Waals surface area contributed by atoms with Crippen molar-refractivity contribution in [1.29, 1.82) is 0 Å². The molecule has 4 heterocycles. The van der Waals surface area contributed by atoms with Gasteiger partial charge in [-0.3, -0.25) is 48.0 Å². The van der Waals surface area contributed by atoms with E-state index in [4.69, 9.17) is 11.5 Å². The minimum atomic E-state index is -1.11. The average molecular weight is 916 g/mol. The van der Waals surface area contributed by atoms with E-state index in [2.05, 4.69) is 16.0 Å². The monoisotopic (exact) mass is 915 g/mol. The second kappa shape index (κ2) is 20.5. The Labute approximate surface area is 389 Å². The number of aryl methyl sites for hydroxylation is 2. The number of imide groups is 1. The molecule has 1 saturated carbocycles. The molecule has 0 bridgehead atoms. The highest BCUT2D eigenvalue weighted by Crippen LogP contribution is 2.35. The lowest BCUT2D eigenvalue weighted by Crippen LogP contribution is -2.60. The van der Waals surface area contributed by atoms with Gasteiger partial charge in [0, 0.05) is 44.9 Å². The van der Waals surface area contributed by atoms with Crippen LogP contribution in [0.15, 0.2) is 83.7 Å². The summed E-state index contributed by atoms with van der Waals surface area (Å²) in [6, 6.07) is 20.1. The first-order chi connectivity index (χ1) is 32.3. The fraction of sp³-hybridized carbons (Fsp3) is 0.480. The van der Waals surface area contributed by atoms with Crippen LogP contribution in [-0.4, -0.2) is 97.5 Å². The highest BCUT2D eigenvalue weighted by atomic mass is 16.2. The van der Waals surface area contributed by atoms with E-state index in [0.717, 1.165) is 60.7 Å². The van der Waals surface area contributed by atoms with Crippen LogP contribution >= 0.6 is 0 Å². The quantitative estimate of drug-likeness (QED) is 0.117. The van der Waals surface area contributed by atoms with Gasteiger partial charge in [-0.2, -0.15) is 0 Å². The van der Waals surface area contributed by atoms with Gasteiger partial charge in [0.25, 0.3) is 0 Å². The minimum absolute atomic E-state index is 0.00180. The molecule has 7 N–H and O–H groups in total. The third-order valence-corrected chi connectivity index (χ3v) is 14.4. The highest BCUT2D eigenvalue weighted by Gasteiger charge is 2.45. The van der Waals surface area contributed by atoms with Gasteiger partial charge in [-0.05, 0) is 105 Å². The number of nitrogens with one attached hydrogen (secondary N) is 3. The number of fused-ring (bicyclic) bond motifs is 2. The van der Waals surface area contributed by atoms with Crippen LogP contribution in [0.5, 0.6) is 0 Å². The Hall–Kier alpha value is -6.62. The summed E-state index contributed by atoms with van der Waals surface area (Å²) in [5.41, 5.74) is 15.9. The van der Waals surface area contributed by atoms with Crippen molar-refractivity contribution in [3.05, 3.63) is 106 Å². The molecular weight excluding hydrogens is 855 g/mol. The van der Waals surface area contributed by atoms with E-state index in [9.17, 15) is 38.4 Å². The summed E-state index contributed by atoms with van der Waals surface area (Å²) < 4.78 is 3.03. The zero-order chi connectivity index (χ0) is 47.4. The summed E-state index contributed by atoms with van der Waals surface area (Å²) in [4.78, 5) is 109. The molecule has 5 atom stereocenters. The number of amides is 7. The SMILES string of the molecule is Cn1c(=O)n(C2CCC(=O)NC2=O)c2ccc(CC[C@H]3CC[C@H](C(=O)N4CC[C@H]5CC[C@@H](C(=O)N[C@@H](CCC(N)=O)C(=O)NC(c6ccccc6)c6ccccc6)N5C(=O)[C@@H](N)C4)CC3)cc21. The van der Waals surface area contributed by atoms with Gasteiger partial charge in [0.1, 0.15) is 24.2 Å². The largest absolute Gasteiger partial charge is 0.370 e. The normalized spacial score (nSPS) is 23.8. The molecule has 1 aliphatic carbocycles. The zero-order valence-corrected chi connectivity index (χ0v) is 37.9. The molecule has 67 heavy (non-hydrogen) atoms. The molecular formula is C50H61N9O8. The lowest BCUT2D eigenvalue weighted by atomic mass is 9.79. The third-order valence-electron chi connectivity index (χ3n) is 14.4. The van der Waals surface area contributed by atoms with E-state index in [1.807, 2.05) is 78.9 Å². The van der Waals surface area contributed by atoms with Gasteiger partial charge >= 0.3 is 5.69 Å². The van der Waals surface area contributed by atoms with E-state index >= 15 is 0 Å². The first-order valence-corrected chi connectivity index (χ1v) is 23.7. The van der Waals surface area contributed by atoms with Gasteiger partial charge in [0.15, 0.2) is 0 Å². The lowest BCUT2D eigenvalue weighted by Gasteiger charge is -2.39.